The molecule has 1 heterocycles. The Morgan fingerprint density at radius 2 is 1.70 bits per heavy atom. The molecule has 27 heavy (non-hydrogen) atoms. The monoisotopic (exact) mass is 388 g/mol. The highest BCUT2D eigenvalue weighted by Gasteiger charge is 2.26. The molecule has 2 aromatic rings. The number of rotatable bonds is 6. The van der Waals surface area contributed by atoms with Gasteiger partial charge in [0.2, 0.25) is 15.9 Å². The Balaban J connectivity index is 1.71. The summed E-state index contributed by atoms with van der Waals surface area (Å²) < 4.78 is 31.9. The summed E-state index contributed by atoms with van der Waals surface area (Å²) in [5, 5.41) is 2.88. The molecule has 2 aromatic carbocycles. The van der Waals surface area contributed by atoms with Crippen LogP contribution in [0.4, 0.5) is 5.69 Å². The highest BCUT2D eigenvalue weighted by molar-refractivity contribution is 7.89. The predicted octanol–water partition coefficient (Wildman–Crippen LogP) is 2.84. The fourth-order valence-electron chi connectivity index (χ4n) is 3.13. The maximum atomic E-state index is 12.6. The Kier molecular flexibility index (Phi) is 6.26. The molecular weight excluding hydrogens is 364 g/mol. The van der Waals surface area contributed by atoms with Gasteiger partial charge in [-0.15, -0.1) is 0 Å². The number of ether oxygens (including phenoxy) is 1. The van der Waals surface area contributed by atoms with Crippen molar-refractivity contribution in [3.8, 4) is 0 Å². The zero-order valence-electron chi connectivity index (χ0n) is 15.3. The van der Waals surface area contributed by atoms with Crippen LogP contribution in [0.3, 0.4) is 0 Å². The molecule has 7 heteroatoms. The van der Waals surface area contributed by atoms with Crippen molar-refractivity contribution in [1.82, 2.24) is 4.31 Å². The summed E-state index contributed by atoms with van der Waals surface area (Å²) >= 11 is 0. The van der Waals surface area contributed by atoms with Gasteiger partial charge < -0.3 is 10.1 Å². The molecule has 1 atom stereocenters. The van der Waals surface area contributed by atoms with Crippen LogP contribution in [0, 0.1) is 0 Å². The highest BCUT2D eigenvalue weighted by Crippen LogP contribution is 2.23. The summed E-state index contributed by atoms with van der Waals surface area (Å²) in [4.78, 5) is 12.8. The van der Waals surface area contributed by atoms with E-state index in [1.807, 2.05) is 37.3 Å². The molecular formula is C20H24N2O4S. The van der Waals surface area contributed by atoms with Gasteiger partial charge >= 0.3 is 0 Å². The van der Waals surface area contributed by atoms with Gasteiger partial charge in [0, 0.05) is 18.8 Å². The number of hydrogen-bond acceptors (Lipinski definition) is 4. The predicted molar refractivity (Wildman–Crippen MR) is 104 cm³/mol. The topological polar surface area (TPSA) is 75.7 Å². The number of anilines is 1. The van der Waals surface area contributed by atoms with Crippen molar-refractivity contribution in [3.63, 3.8) is 0 Å². The minimum atomic E-state index is -3.53. The molecule has 0 bridgehead atoms. The van der Waals surface area contributed by atoms with Crippen LogP contribution in [0.15, 0.2) is 59.5 Å². The number of benzene rings is 2. The lowest BCUT2D eigenvalue weighted by atomic mass is 9.95. The van der Waals surface area contributed by atoms with Crippen LogP contribution in [0.2, 0.25) is 0 Å². The number of nitrogens with zero attached hydrogens (tertiary/aromatic N) is 1. The third-order valence-electron chi connectivity index (χ3n) is 4.66. The number of morpholine rings is 1. The van der Waals surface area contributed by atoms with E-state index in [2.05, 4.69) is 5.32 Å². The summed E-state index contributed by atoms with van der Waals surface area (Å²) in [6.07, 6.45) is 0.680. The SMILES string of the molecule is CCC(C(=O)Nc1ccc(S(=O)(=O)N2CCOCC2)cc1)c1ccccc1. The van der Waals surface area contributed by atoms with Crippen molar-refractivity contribution < 1.29 is 17.9 Å². The van der Waals surface area contributed by atoms with Crippen LogP contribution < -0.4 is 5.32 Å². The Labute approximate surface area is 160 Å². The summed E-state index contributed by atoms with van der Waals surface area (Å²) in [5.41, 5.74) is 1.54. The number of sulfonamides is 1. The average molecular weight is 388 g/mol. The zero-order chi connectivity index (χ0) is 19.3. The smallest absolute Gasteiger partial charge is 0.243 e. The molecule has 1 amide bonds. The van der Waals surface area contributed by atoms with Gasteiger partial charge in [-0.05, 0) is 36.2 Å². The van der Waals surface area contributed by atoms with E-state index in [0.717, 1.165) is 5.56 Å². The van der Waals surface area contributed by atoms with E-state index in [1.54, 1.807) is 12.1 Å². The van der Waals surface area contributed by atoms with E-state index in [4.69, 9.17) is 4.74 Å². The van der Waals surface area contributed by atoms with E-state index >= 15 is 0 Å². The maximum Gasteiger partial charge on any atom is 0.243 e. The largest absolute Gasteiger partial charge is 0.379 e. The van der Waals surface area contributed by atoms with E-state index in [1.165, 1.54) is 16.4 Å². The van der Waals surface area contributed by atoms with E-state index < -0.39 is 10.0 Å². The molecule has 1 fully saturated rings. The molecule has 0 aliphatic carbocycles. The quantitative estimate of drug-likeness (QED) is 0.826. The minimum absolute atomic E-state index is 0.104. The molecule has 0 spiro atoms. The van der Waals surface area contributed by atoms with E-state index in [9.17, 15) is 13.2 Å². The molecule has 0 saturated carbocycles. The summed E-state index contributed by atoms with van der Waals surface area (Å²) in [6.45, 7) is 3.50. The zero-order valence-corrected chi connectivity index (χ0v) is 16.1. The lowest BCUT2D eigenvalue weighted by Gasteiger charge is -2.26. The Morgan fingerprint density at radius 1 is 1.07 bits per heavy atom. The average Bonchev–Trinajstić information content (AvgIpc) is 2.70. The normalized spacial score (nSPS) is 16.6. The number of carbonyl (C=O) groups excluding carboxylic acids is 1. The second kappa shape index (κ2) is 8.65. The van der Waals surface area contributed by atoms with Crippen LogP contribution >= 0.6 is 0 Å². The van der Waals surface area contributed by atoms with E-state index in [-0.39, 0.29) is 16.7 Å². The van der Waals surface area contributed by atoms with Crippen molar-refractivity contribution in [3.05, 3.63) is 60.2 Å². The first-order valence-electron chi connectivity index (χ1n) is 9.06. The lowest BCUT2D eigenvalue weighted by molar-refractivity contribution is -0.117. The molecule has 1 aliphatic rings. The van der Waals surface area contributed by atoms with Crippen LogP contribution in [-0.4, -0.2) is 44.9 Å². The van der Waals surface area contributed by atoms with Crippen molar-refractivity contribution in [2.75, 3.05) is 31.6 Å². The van der Waals surface area contributed by atoms with Crippen molar-refractivity contribution >= 4 is 21.6 Å². The van der Waals surface area contributed by atoms with Crippen LogP contribution in [-0.2, 0) is 19.6 Å². The van der Waals surface area contributed by atoms with Gasteiger partial charge in [0.25, 0.3) is 0 Å². The van der Waals surface area contributed by atoms with E-state index in [0.29, 0.717) is 38.4 Å². The molecule has 1 aliphatic heterocycles. The number of hydrogen-bond donors (Lipinski definition) is 1. The van der Waals surface area contributed by atoms with Gasteiger partial charge in [-0.1, -0.05) is 37.3 Å². The molecule has 0 aromatic heterocycles. The van der Waals surface area contributed by atoms with Crippen molar-refractivity contribution in [1.29, 1.82) is 0 Å². The fraction of sp³-hybridized carbons (Fsp3) is 0.350. The Bertz CT molecular complexity index is 861. The molecule has 144 valence electrons. The van der Waals surface area contributed by atoms with Crippen LogP contribution in [0.5, 0.6) is 0 Å². The van der Waals surface area contributed by atoms with Crippen LogP contribution in [0.25, 0.3) is 0 Å². The van der Waals surface area contributed by atoms with Gasteiger partial charge in [-0.2, -0.15) is 4.31 Å². The number of carbonyl (C=O) groups is 1. The number of amides is 1. The molecule has 1 unspecified atom stereocenters. The minimum Gasteiger partial charge on any atom is -0.379 e. The lowest BCUT2D eigenvalue weighted by Crippen LogP contribution is -2.40. The first-order valence-corrected chi connectivity index (χ1v) is 10.5. The Hall–Kier alpha value is -2.22. The molecule has 1 N–H and O–H groups in total. The fourth-order valence-corrected chi connectivity index (χ4v) is 4.54. The first kappa shape index (κ1) is 19.5. The molecule has 1 saturated heterocycles. The standard InChI is InChI=1S/C20H24N2O4S/c1-2-19(16-6-4-3-5-7-16)20(23)21-17-8-10-18(11-9-17)27(24,25)22-12-14-26-15-13-22/h3-11,19H,2,12-15H2,1H3,(H,21,23). The van der Waals surface area contributed by atoms with Crippen molar-refractivity contribution in [2.45, 2.75) is 24.2 Å². The van der Waals surface area contributed by atoms with Gasteiger partial charge in [-0.25, -0.2) is 8.42 Å². The van der Waals surface area contributed by atoms with Gasteiger partial charge in [0.1, 0.15) is 0 Å². The summed E-state index contributed by atoms with van der Waals surface area (Å²) in [5.74, 6) is -0.351. The van der Waals surface area contributed by atoms with Gasteiger partial charge in [0.15, 0.2) is 0 Å². The molecule has 6 nitrogen and oxygen atoms in total. The second-order valence-corrected chi connectivity index (χ2v) is 8.34. The second-order valence-electron chi connectivity index (χ2n) is 6.40. The maximum absolute atomic E-state index is 12.6. The Morgan fingerprint density at radius 3 is 2.30 bits per heavy atom. The number of nitrogens with one attached hydrogen (secondary N) is 1. The molecule has 3 rings (SSSR count). The van der Waals surface area contributed by atoms with Crippen molar-refractivity contribution in [2.24, 2.45) is 0 Å². The third-order valence-corrected chi connectivity index (χ3v) is 6.57. The summed E-state index contributed by atoms with van der Waals surface area (Å²) in [6, 6.07) is 15.9. The molecule has 0 radical (unpaired) electrons. The third kappa shape index (κ3) is 4.55. The van der Waals surface area contributed by atoms with Gasteiger partial charge in [0.05, 0.1) is 24.0 Å². The van der Waals surface area contributed by atoms with Gasteiger partial charge in [-0.3, -0.25) is 4.79 Å². The first-order chi connectivity index (χ1) is 13.0. The highest BCUT2D eigenvalue weighted by atomic mass is 32.2. The van der Waals surface area contributed by atoms with Crippen LogP contribution in [0.1, 0.15) is 24.8 Å². The summed E-state index contributed by atoms with van der Waals surface area (Å²) in [7, 11) is -3.53.